The van der Waals surface area contributed by atoms with Gasteiger partial charge in [-0.1, -0.05) is 5.10 Å². The number of thiophene rings is 1. The van der Waals surface area contributed by atoms with Crippen LogP contribution in [0.25, 0.3) is 11.5 Å². The Labute approximate surface area is 152 Å². The summed E-state index contributed by atoms with van der Waals surface area (Å²) >= 11 is 1.51. The Balaban J connectivity index is 1.72. The van der Waals surface area contributed by atoms with Gasteiger partial charge in [0.25, 0.3) is 5.89 Å². The van der Waals surface area contributed by atoms with E-state index in [1.807, 2.05) is 16.8 Å². The van der Waals surface area contributed by atoms with E-state index in [-0.39, 0.29) is 6.01 Å². The third kappa shape index (κ3) is 3.70. The Hall–Kier alpha value is -3.27. The molecule has 2 heterocycles. The number of urea groups is 1. The van der Waals surface area contributed by atoms with Crippen molar-refractivity contribution in [1.82, 2.24) is 10.2 Å². The van der Waals surface area contributed by atoms with Crippen molar-refractivity contribution in [3.05, 3.63) is 29.0 Å². The van der Waals surface area contributed by atoms with E-state index in [2.05, 4.69) is 20.8 Å². The van der Waals surface area contributed by atoms with Crippen molar-refractivity contribution in [1.29, 1.82) is 0 Å². The van der Waals surface area contributed by atoms with E-state index in [0.29, 0.717) is 28.8 Å². The Kier molecular flexibility index (Phi) is 5.23. The summed E-state index contributed by atoms with van der Waals surface area (Å²) in [7, 11) is 4.48. The van der Waals surface area contributed by atoms with Crippen LogP contribution in [0.15, 0.2) is 33.4 Å². The van der Waals surface area contributed by atoms with Gasteiger partial charge >= 0.3 is 12.0 Å². The minimum Gasteiger partial charge on any atom is -0.493 e. The minimum atomic E-state index is -0.556. The highest BCUT2D eigenvalue weighted by molar-refractivity contribution is 7.08. The molecule has 9 nitrogen and oxygen atoms in total. The SMILES string of the molecule is COc1cc(NC(=O)Nc2nnc(-c3ccsc3)o2)cc(OC)c1OC. The van der Waals surface area contributed by atoms with Crippen LogP contribution < -0.4 is 24.8 Å². The largest absolute Gasteiger partial charge is 0.493 e. The molecule has 2 amide bonds. The fourth-order valence-electron chi connectivity index (χ4n) is 2.19. The number of rotatable bonds is 6. The number of ether oxygens (including phenoxy) is 3. The lowest BCUT2D eigenvalue weighted by atomic mass is 10.2. The van der Waals surface area contributed by atoms with Gasteiger partial charge in [-0.05, 0) is 11.4 Å². The van der Waals surface area contributed by atoms with Crippen LogP contribution >= 0.6 is 11.3 Å². The summed E-state index contributed by atoms with van der Waals surface area (Å²) in [6, 6.07) is 4.48. The Morgan fingerprint density at radius 2 is 1.81 bits per heavy atom. The molecule has 136 valence electrons. The van der Waals surface area contributed by atoms with E-state index in [4.69, 9.17) is 18.6 Å². The molecule has 2 N–H and O–H groups in total. The van der Waals surface area contributed by atoms with Gasteiger partial charge in [0.2, 0.25) is 5.75 Å². The predicted molar refractivity (Wildman–Crippen MR) is 96.4 cm³/mol. The van der Waals surface area contributed by atoms with Crippen molar-refractivity contribution in [2.24, 2.45) is 0 Å². The average molecular weight is 376 g/mol. The number of aromatic nitrogens is 2. The number of hydrogen-bond acceptors (Lipinski definition) is 8. The van der Waals surface area contributed by atoms with E-state index >= 15 is 0 Å². The van der Waals surface area contributed by atoms with E-state index in [9.17, 15) is 4.79 Å². The molecule has 0 saturated heterocycles. The van der Waals surface area contributed by atoms with Gasteiger partial charge in [0.05, 0.1) is 27.0 Å². The van der Waals surface area contributed by atoms with Crippen LogP contribution in [0.3, 0.4) is 0 Å². The number of hydrogen-bond donors (Lipinski definition) is 2. The number of carbonyl (C=O) groups excluding carboxylic acids is 1. The standard InChI is InChI=1S/C16H16N4O5S/c1-22-11-6-10(7-12(23-2)13(11)24-3)17-15(21)18-16-20-19-14(25-16)9-4-5-26-8-9/h4-8H,1-3H3,(H2,17,18,20,21). The van der Waals surface area contributed by atoms with Crippen LogP contribution in [-0.2, 0) is 0 Å². The molecule has 0 radical (unpaired) electrons. The molecule has 0 saturated carbocycles. The molecular formula is C16H16N4O5S. The summed E-state index contributed by atoms with van der Waals surface area (Å²) in [5.74, 6) is 1.59. The molecule has 0 bridgehead atoms. The van der Waals surface area contributed by atoms with E-state index in [1.165, 1.54) is 32.7 Å². The molecule has 0 atom stereocenters. The number of nitrogens with one attached hydrogen (secondary N) is 2. The predicted octanol–water partition coefficient (Wildman–Crippen LogP) is 3.47. The summed E-state index contributed by atoms with van der Waals surface area (Å²) in [5.41, 5.74) is 1.23. The Morgan fingerprint density at radius 1 is 1.08 bits per heavy atom. The van der Waals surface area contributed by atoms with Crippen LogP contribution in [0.5, 0.6) is 17.2 Å². The number of anilines is 2. The highest BCUT2D eigenvalue weighted by atomic mass is 32.1. The topological polar surface area (TPSA) is 108 Å². The molecule has 10 heteroatoms. The summed E-state index contributed by atoms with van der Waals surface area (Å²) < 4.78 is 21.1. The first kappa shape index (κ1) is 17.5. The zero-order valence-corrected chi connectivity index (χ0v) is 15.0. The highest BCUT2D eigenvalue weighted by Gasteiger charge is 2.16. The molecule has 3 rings (SSSR count). The van der Waals surface area contributed by atoms with E-state index < -0.39 is 6.03 Å². The van der Waals surface area contributed by atoms with Gasteiger partial charge in [0.15, 0.2) is 11.5 Å². The van der Waals surface area contributed by atoms with Crippen LogP contribution in [0.2, 0.25) is 0 Å². The van der Waals surface area contributed by atoms with Crippen molar-refractivity contribution < 1.29 is 23.4 Å². The van der Waals surface area contributed by atoms with Crippen molar-refractivity contribution in [2.45, 2.75) is 0 Å². The van der Waals surface area contributed by atoms with Gasteiger partial charge in [-0.25, -0.2) is 4.79 Å². The summed E-state index contributed by atoms with van der Waals surface area (Å²) in [6.45, 7) is 0. The second-order valence-corrected chi connectivity index (χ2v) is 5.70. The lowest BCUT2D eigenvalue weighted by Gasteiger charge is -2.14. The summed E-state index contributed by atoms with van der Waals surface area (Å²) in [4.78, 5) is 12.2. The van der Waals surface area contributed by atoms with E-state index in [0.717, 1.165) is 5.56 Å². The van der Waals surface area contributed by atoms with Crippen molar-refractivity contribution >= 4 is 29.1 Å². The Morgan fingerprint density at radius 3 is 2.38 bits per heavy atom. The Bertz CT molecular complexity index is 869. The third-order valence-electron chi connectivity index (χ3n) is 3.34. The molecule has 3 aromatic rings. The molecule has 2 aromatic heterocycles. The zero-order chi connectivity index (χ0) is 18.5. The lowest BCUT2D eigenvalue weighted by Crippen LogP contribution is -2.19. The average Bonchev–Trinajstić information content (AvgIpc) is 3.32. The first-order valence-corrected chi connectivity index (χ1v) is 8.33. The van der Waals surface area contributed by atoms with Gasteiger partial charge in [0, 0.05) is 23.1 Å². The first-order chi connectivity index (χ1) is 12.6. The quantitative estimate of drug-likeness (QED) is 0.678. The van der Waals surface area contributed by atoms with E-state index in [1.54, 1.807) is 12.1 Å². The summed E-state index contributed by atoms with van der Waals surface area (Å²) in [6.07, 6.45) is 0. The van der Waals surface area contributed by atoms with Crippen LogP contribution in [0, 0.1) is 0 Å². The fraction of sp³-hybridized carbons (Fsp3) is 0.188. The molecule has 0 spiro atoms. The fourth-order valence-corrected chi connectivity index (χ4v) is 2.82. The van der Waals surface area contributed by atoms with Crippen molar-refractivity contribution in [3.8, 4) is 28.7 Å². The maximum absolute atomic E-state index is 12.2. The molecule has 0 aliphatic carbocycles. The number of methoxy groups -OCH3 is 3. The van der Waals surface area contributed by atoms with Gasteiger partial charge in [-0.3, -0.25) is 5.32 Å². The molecule has 26 heavy (non-hydrogen) atoms. The molecule has 0 fully saturated rings. The lowest BCUT2D eigenvalue weighted by molar-refractivity contribution is 0.261. The smallest absolute Gasteiger partial charge is 0.327 e. The molecule has 0 aliphatic rings. The number of carbonyl (C=O) groups is 1. The van der Waals surface area contributed by atoms with Crippen molar-refractivity contribution in [3.63, 3.8) is 0 Å². The maximum atomic E-state index is 12.2. The second kappa shape index (κ2) is 7.74. The van der Waals surface area contributed by atoms with Gasteiger partial charge in [-0.2, -0.15) is 11.3 Å². The normalized spacial score (nSPS) is 10.3. The van der Waals surface area contributed by atoms with Crippen LogP contribution in [0.4, 0.5) is 16.5 Å². The first-order valence-electron chi connectivity index (χ1n) is 7.38. The molecular weight excluding hydrogens is 360 g/mol. The third-order valence-corrected chi connectivity index (χ3v) is 4.02. The molecule has 1 aromatic carbocycles. The molecule has 0 unspecified atom stereocenters. The second-order valence-electron chi connectivity index (χ2n) is 4.92. The molecule has 0 aliphatic heterocycles. The van der Waals surface area contributed by atoms with Gasteiger partial charge in [0.1, 0.15) is 0 Å². The zero-order valence-electron chi connectivity index (χ0n) is 14.2. The summed E-state index contributed by atoms with van der Waals surface area (Å²) in [5, 5.41) is 16.6. The number of nitrogens with zero attached hydrogens (tertiary/aromatic N) is 2. The van der Waals surface area contributed by atoms with Gasteiger partial charge < -0.3 is 23.9 Å². The minimum absolute atomic E-state index is 0.0175. The highest BCUT2D eigenvalue weighted by Crippen LogP contribution is 2.39. The van der Waals surface area contributed by atoms with Crippen LogP contribution in [-0.4, -0.2) is 37.6 Å². The number of amides is 2. The maximum Gasteiger partial charge on any atom is 0.327 e. The number of benzene rings is 1. The monoisotopic (exact) mass is 376 g/mol. The van der Waals surface area contributed by atoms with Crippen molar-refractivity contribution in [2.75, 3.05) is 32.0 Å². The van der Waals surface area contributed by atoms with Crippen LogP contribution in [0.1, 0.15) is 0 Å². The van der Waals surface area contributed by atoms with Gasteiger partial charge in [-0.15, -0.1) is 5.10 Å².